The highest BCUT2D eigenvalue weighted by atomic mass is 32.2. The molecule has 1 spiro atoms. The van der Waals surface area contributed by atoms with Gasteiger partial charge in [-0.15, -0.1) is 0 Å². The first-order valence-corrected chi connectivity index (χ1v) is 22.6. The molecule has 1 aliphatic carbocycles. The SMILES string of the molecule is c1ccc(-c2cc(-c3ccc(-c4cccc(-c5nc6ccccc6c6ccc7c(c56)Sc5ccccc5C75c6ccccc6-c6ccccc65)c4)cc3)nc(-c3ccccc3)n2)cc1. The molecule has 3 heterocycles. The van der Waals surface area contributed by atoms with Crippen LogP contribution in [0.5, 0.6) is 0 Å². The highest BCUT2D eigenvalue weighted by molar-refractivity contribution is 7.99. The Morgan fingerprint density at radius 2 is 0.906 bits per heavy atom. The second-order valence-corrected chi connectivity index (χ2v) is 17.7. The number of aromatic nitrogens is 3. The zero-order valence-corrected chi connectivity index (χ0v) is 35.4. The van der Waals surface area contributed by atoms with Gasteiger partial charge in [0.05, 0.1) is 28.0 Å². The van der Waals surface area contributed by atoms with E-state index in [0.717, 1.165) is 61.4 Å². The quantitative estimate of drug-likeness (QED) is 0.162. The average molecular weight is 832 g/mol. The normalized spacial score (nSPS) is 13.1. The molecule has 64 heavy (non-hydrogen) atoms. The number of hydrogen-bond acceptors (Lipinski definition) is 4. The molecule has 11 aromatic rings. The first kappa shape index (κ1) is 36.7. The molecule has 13 rings (SSSR count). The van der Waals surface area contributed by atoms with E-state index in [1.54, 1.807) is 0 Å². The maximum absolute atomic E-state index is 5.57. The third kappa shape index (κ3) is 5.59. The fourth-order valence-corrected chi connectivity index (χ4v) is 11.6. The van der Waals surface area contributed by atoms with Crippen LogP contribution in [0.25, 0.3) is 89.1 Å². The number of benzene rings is 9. The Kier molecular flexibility index (Phi) is 8.37. The number of rotatable bonds is 5. The van der Waals surface area contributed by atoms with Gasteiger partial charge in [0.2, 0.25) is 0 Å². The Hall–Kier alpha value is -7.92. The molecule has 298 valence electrons. The molecule has 0 N–H and O–H groups in total. The van der Waals surface area contributed by atoms with E-state index in [9.17, 15) is 0 Å². The first-order valence-electron chi connectivity index (χ1n) is 21.8. The number of nitrogens with zero attached hydrogens (tertiary/aromatic N) is 3. The van der Waals surface area contributed by atoms with Crippen LogP contribution in [-0.2, 0) is 5.41 Å². The molecule has 0 saturated carbocycles. The van der Waals surface area contributed by atoms with Crippen molar-refractivity contribution in [1.82, 2.24) is 15.0 Å². The predicted octanol–water partition coefficient (Wildman–Crippen LogP) is 15.3. The molecular weight excluding hydrogens is 795 g/mol. The Bertz CT molecular complexity index is 3530. The molecule has 0 saturated heterocycles. The van der Waals surface area contributed by atoms with Gasteiger partial charge >= 0.3 is 0 Å². The number of para-hydroxylation sites is 1. The lowest BCUT2D eigenvalue weighted by atomic mass is 9.67. The Balaban J connectivity index is 0.977. The second kappa shape index (κ2) is 14.6. The van der Waals surface area contributed by atoms with Gasteiger partial charge in [0, 0.05) is 42.8 Å². The fraction of sp³-hybridized carbons (Fsp3) is 0.0167. The summed E-state index contributed by atoms with van der Waals surface area (Å²) in [5, 5.41) is 3.56. The third-order valence-electron chi connectivity index (χ3n) is 13.2. The van der Waals surface area contributed by atoms with Gasteiger partial charge in [-0.25, -0.2) is 15.0 Å². The summed E-state index contributed by atoms with van der Waals surface area (Å²) in [4.78, 5) is 18.2. The maximum atomic E-state index is 5.57. The van der Waals surface area contributed by atoms with Gasteiger partial charge in [-0.05, 0) is 74.2 Å². The molecule has 0 unspecified atom stereocenters. The van der Waals surface area contributed by atoms with E-state index in [-0.39, 0.29) is 0 Å². The number of pyridine rings is 1. The van der Waals surface area contributed by atoms with Crippen LogP contribution >= 0.6 is 11.8 Å². The van der Waals surface area contributed by atoms with Crippen molar-refractivity contribution in [2.75, 3.05) is 0 Å². The summed E-state index contributed by atoms with van der Waals surface area (Å²) in [6.07, 6.45) is 0. The van der Waals surface area contributed by atoms with Crippen LogP contribution in [0.2, 0.25) is 0 Å². The van der Waals surface area contributed by atoms with Crippen molar-refractivity contribution >= 4 is 33.4 Å². The molecule has 2 aliphatic rings. The van der Waals surface area contributed by atoms with Crippen LogP contribution in [0.4, 0.5) is 0 Å². The van der Waals surface area contributed by atoms with Gasteiger partial charge in [0.1, 0.15) is 0 Å². The van der Waals surface area contributed by atoms with Gasteiger partial charge in [0.25, 0.3) is 0 Å². The maximum Gasteiger partial charge on any atom is 0.160 e. The predicted molar refractivity (Wildman–Crippen MR) is 263 cm³/mol. The van der Waals surface area contributed by atoms with E-state index in [4.69, 9.17) is 15.0 Å². The number of hydrogen-bond donors (Lipinski definition) is 0. The van der Waals surface area contributed by atoms with Crippen LogP contribution in [0.1, 0.15) is 22.3 Å². The molecule has 2 aromatic heterocycles. The lowest BCUT2D eigenvalue weighted by Gasteiger charge is -2.40. The fourth-order valence-electron chi connectivity index (χ4n) is 10.3. The number of fused-ring (bicyclic) bond motifs is 13. The van der Waals surface area contributed by atoms with Crippen LogP contribution in [0.3, 0.4) is 0 Å². The summed E-state index contributed by atoms with van der Waals surface area (Å²) >= 11 is 1.89. The Morgan fingerprint density at radius 3 is 1.64 bits per heavy atom. The van der Waals surface area contributed by atoms with Gasteiger partial charge in [-0.3, -0.25) is 0 Å². The van der Waals surface area contributed by atoms with Crippen molar-refractivity contribution in [3.63, 3.8) is 0 Å². The van der Waals surface area contributed by atoms with E-state index in [2.05, 4.69) is 200 Å². The molecule has 1 aliphatic heterocycles. The lowest BCUT2D eigenvalue weighted by Crippen LogP contribution is -2.32. The Labute approximate surface area is 375 Å². The van der Waals surface area contributed by atoms with Crippen LogP contribution < -0.4 is 0 Å². The molecule has 0 fully saturated rings. The van der Waals surface area contributed by atoms with Crippen LogP contribution in [0, 0.1) is 0 Å². The minimum atomic E-state index is -0.474. The second-order valence-electron chi connectivity index (χ2n) is 16.6. The van der Waals surface area contributed by atoms with Gasteiger partial charge in [-0.1, -0.05) is 212 Å². The first-order chi connectivity index (χ1) is 31.7. The standard InChI is InChI=1S/C60H37N3S/c1-3-16-39(17-4-1)53-37-54(63-59(62-53)41-18-5-2-6-19-41)40-32-30-38(31-33-40)42-20-15-21-43(36-42)57-56-47(46-24-9-13-28-52(46)61-57)34-35-51-58(56)64-55-29-14-12-27-50(55)60(51)48-25-10-7-22-44(48)45-23-8-11-26-49(45)60/h1-37H. The van der Waals surface area contributed by atoms with Gasteiger partial charge in [0.15, 0.2) is 5.82 Å². The molecular formula is C60H37N3S. The van der Waals surface area contributed by atoms with Crippen molar-refractivity contribution in [3.05, 3.63) is 247 Å². The summed E-state index contributed by atoms with van der Waals surface area (Å²) in [5.74, 6) is 0.708. The molecule has 9 aromatic carbocycles. The molecule has 0 radical (unpaired) electrons. The Morgan fingerprint density at radius 1 is 0.344 bits per heavy atom. The topological polar surface area (TPSA) is 38.7 Å². The summed E-state index contributed by atoms with van der Waals surface area (Å²) in [5.41, 5.74) is 17.6. The van der Waals surface area contributed by atoms with Crippen molar-refractivity contribution in [2.45, 2.75) is 15.2 Å². The summed E-state index contributed by atoms with van der Waals surface area (Å²) in [6, 6.07) is 80.8. The van der Waals surface area contributed by atoms with Crippen LogP contribution in [-0.4, -0.2) is 15.0 Å². The lowest BCUT2D eigenvalue weighted by molar-refractivity contribution is 0.726. The smallest absolute Gasteiger partial charge is 0.160 e. The van der Waals surface area contributed by atoms with Gasteiger partial charge in [-0.2, -0.15) is 0 Å². The summed E-state index contributed by atoms with van der Waals surface area (Å²) in [7, 11) is 0. The highest BCUT2D eigenvalue weighted by Crippen LogP contribution is 2.63. The zero-order chi connectivity index (χ0) is 42.2. The average Bonchev–Trinajstić information content (AvgIpc) is 3.67. The van der Waals surface area contributed by atoms with Crippen molar-refractivity contribution < 1.29 is 0 Å². The van der Waals surface area contributed by atoms with E-state index in [1.807, 2.05) is 36.0 Å². The van der Waals surface area contributed by atoms with Crippen LogP contribution in [0.15, 0.2) is 234 Å². The van der Waals surface area contributed by atoms with Crippen molar-refractivity contribution in [2.24, 2.45) is 0 Å². The molecule has 0 amide bonds. The minimum Gasteiger partial charge on any atom is -0.247 e. The highest BCUT2D eigenvalue weighted by Gasteiger charge is 2.50. The molecule has 0 bridgehead atoms. The monoisotopic (exact) mass is 831 g/mol. The third-order valence-corrected chi connectivity index (χ3v) is 14.4. The van der Waals surface area contributed by atoms with E-state index >= 15 is 0 Å². The molecule has 3 nitrogen and oxygen atoms in total. The zero-order valence-electron chi connectivity index (χ0n) is 34.6. The largest absolute Gasteiger partial charge is 0.247 e. The van der Waals surface area contributed by atoms with E-state index < -0.39 is 5.41 Å². The van der Waals surface area contributed by atoms with E-state index in [1.165, 1.54) is 53.9 Å². The van der Waals surface area contributed by atoms with E-state index in [0.29, 0.717) is 5.82 Å². The molecule has 0 atom stereocenters. The summed E-state index contributed by atoms with van der Waals surface area (Å²) < 4.78 is 0. The summed E-state index contributed by atoms with van der Waals surface area (Å²) in [6.45, 7) is 0. The molecule has 4 heteroatoms. The van der Waals surface area contributed by atoms with Crippen molar-refractivity contribution in [3.8, 4) is 67.4 Å². The minimum absolute atomic E-state index is 0.474. The van der Waals surface area contributed by atoms with Gasteiger partial charge < -0.3 is 0 Å². The van der Waals surface area contributed by atoms with Crippen molar-refractivity contribution in [1.29, 1.82) is 0 Å².